The van der Waals surface area contributed by atoms with Crippen LogP contribution in [0.1, 0.15) is 157 Å². The fraction of sp³-hybridized carbons (Fsp3) is 0.878. The second-order valence-corrected chi connectivity index (χ2v) is 16.1. The van der Waals surface area contributed by atoms with E-state index in [1.165, 1.54) is 70.8 Å². The van der Waals surface area contributed by atoms with Gasteiger partial charge in [0.25, 0.3) is 5.79 Å². The number of carbonyl (C=O) groups excluding carboxylic acids is 2. The molecular weight excluding hydrogens is 696 g/mol. The van der Waals surface area contributed by atoms with Crippen LogP contribution in [0.3, 0.4) is 0 Å². The number of hydrogen-bond donors (Lipinski definition) is 8. The Morgan fingerprint density at radius 2 is 1.22 bits per heavy atom. The molecule has 13 nitrogen and oxygen atoms in total. The second-order valence-electron chi connectivity index (χ2n) is 16.1. The van der Waals surface area contributed by atoms with Crippen molar-refractivity contribution in [3.05, 3.63) is 12.2 Å². The number of unbranched alkanes of at least 4 members (excludes halogenated alkanes) is 14. The lowest BCUT2D eigenvalue weighted by atomic mass is 9.92. The molecule has 2 amide bonds. The molecule has 0 aliphatic carbocycles. The van der Waals surface area contributed by atoms with Gasteiger partial charge in [-0.1, -0.05) is 143 Å². The molecule has 1 aliphatic rings. The first-order chi connectivity index (χ1) is 25.6. The third-order valence-corrected chi connectivity index (χ3v) is 10.1. The Hall–Kier alpha value is -2.13. The molecule has 8 atom stereocenters. The van der Waals surface area contributed by atoms with Crippen molar-refractivity contribution < 1.29 is 54.5 Å². The van der Waals surface area contributed by atoms with Crippen LogP contribution in [0.15, 0.2) is 12.2 Å². The topological polar surface area (TPSA) is 215 Å². The van der Waals surface area contributed by atoms with Crippen LogP contribution >= 0.6 is 0 Å². The lowest BCUT2D eigenvalue weighted by molar-refractivity contribution is -0.349. The standard InChI is InChI=1S/C41H76N2O11/c1-29(2)23-19-15-11-7-6-8-13-17-21-25-33(45)32(43-39(50)34(46)26-22-18-14-10-9-12-16-20-24-30(3)4)28-53-41(40(51)52)38(49)37(48)36(47)35(54-41)27-42-31(5)44/h21,25,29-30,32-38,45-49H,6-20,22-24,26-28H2,1-5H3,(H,42,44)(H,43,50)(H,51,52)/b25-21+/t32-,33-,34-,35-,36-,37+,38+,41-/m1/s1. The van der Waals surface area contributed by atoms with Crippen LogP contribution in [-0.2, 0) is 23.9 Å². The quantitative estimate of drug-likeness (QED) is 0.0351. The maximum atomic E-state index is 13.1. The molecule has 1 rings (SSSR count). The zero-order valence-electron chi connectivity index (χ0n) is 33.9. The highest BCUT2D eigenvalue weighted by Crippen LogP contribution is 2.32. The van der Waals surface area contributed by atoms with Crippen molar-refractivity contribution in [1.29, 1.82) is 0 Å². The van der Waals surface area contributed by atoms with E-state index in [0.717, 1.165) is 56.8 Å². The van der Waals surface area contributed by atoms with Gasteiger partial charge < -0.3 is 50.7 Å². The molecule has 0 aromatic heterocycles. The number of aliphatic carboxylic acids is 1. The number of carboxylic acids is 1. The predicted molar refractivity (Wildman–Crippen MR) is 208 cm³/mol. The number of hydrogen-bond acceptors (Lipinski definition) is 10. The fourth-order valence-electron chi connectivity index (χ4n) is 6.63. The Balaban J connectivity index is 2.85. The Bertz CT molecular complexity index is 1060. The first-order valence-electron chi connectivity index (χ1n) is 20.8. The van der Waals surface area contributed by atoms with Gasteiger partial charge in [-0.05, 0) is 31.1 Å². The van der Waals surface area contributed by atoms with Gasteiger partial charge in [-0.3, -0.25) is 9.59 Å². The van der Waals surface area contributed by atoms with E-state index in [4.69, 9.17) is 9.47 Å². The van der Waals surface area contributed by atoms with Crippen molar-refractivity contribution in [2.45, 2.75) is 205 Å². The Morgan fingerprint density at radius 3 is 1.70 bits per heavy atom. The molecule has 0 unspecified atom stereocenters. The smallest absolute Gasteiger partial charge is 0.367 e. The van der Waals surface area contributed by atoms with Crippen molar-refractivity contribution in [2.24, 2.45) is 11.8 Å². The number of allylic oxidation sites excluding steroid dienone is 1. The monoisotopic (exact) mass is 773 g/mol. The number of carboxylic acid groups (broad SMARTS) is 1. The first kappa shape index (κ1) is 49.9. The van der Waals surface area contributed by atoms with E-state index in [-0.39, 0.29) is 6.42 Å². The van der Waals surface area contributed by atoms with E-state index in [1.807, 2.05) is 0 Å². The lowest BCUT2D eigenvalue weighted by Gasteiger charge is -2.46. The number of aliphatic hydroxyl groups is 5. The largest absolute Gasteiger partial charge is 0.477 e. The van der Waals surface area contributed by atoms with Gasteiger partial charge in [0.05, 0.1) is 18.8 Å². The molecule has 1 fully saturated rings. The van der Waals surface area contributed by atoms with Crippen molar-refractivity contribution in [2.75, 3.05) is 13.2 Å². The number of amides is 2. The van der Waals surface area contributed by atoms with Crippen molar-refractivity contribution in [3.8, 4) is 0 Å². The molecule has 0 radical (unpaired) electrons. The molecule has 1 aliphatic heterocycles. The molecule has 1 saturated heterocycles. The molecule has 54 heavy (non-hydrogen) atoms. The van der Waals surface area contributed by atoms with Crippen LogP contribution < -0.4 is 10.6 Å². The Kier molecular flexibility index (Phi) is 26.1. The number of nitrogens with one attached hydrogen (secondary N) is 2. The van der Waals surface area contributed by atoms with Crippen molar-refractivity contribution in [3.63, 3.8) is 0 Å². The third kappa shape index (κ3) is 20.2. The molecular formula is C41H76N2O11. The maximum absolute atomic E-state index is 13.1. The van der Waals surface area contributed by atoms with Crippen molar-refractivity contribution in [1.82, 2.24) is 10.6 Å². The van der Waals surface area contributed by atoms with Gasteiger partial charge in [0.1, 0.15) is 30.5 Å². The molecule has 0 aromatic rings. The van der Waals surface area contributed by atoms with Gasteiger partial charge in [-0.25, -0.2) is 4.79 Å². The lowest BCUT2D eigenvalue weighted by Crippen LogP contribution is -2.70. The van der Waals surface area contributed by atoms with Crippen LogP contribution in [0.5, 0.6) is 0 Å². The van der Waals surface area contributed by atoms with E-state index in [9.17, 15) is 45.0 Å². The highest BCUT2D eigenvalue weighted by atomic mass is 16.7. The second kappa shape index (κ2) is 28.3. The summed E-state index contributed by atoms with van der Waals surface area (Å²) < 4.78 is 11.1. The predicted octanol–water partition coefficient (Wildman–Crippen LogP) is 4.89. The van der Waals surface area contributed by atoms with Gasteiger partial charge in [0.15, 0.2) is 0 Å². The molecule has 316 valence electrons. The SMILES string of the molecule is CC(=O)NC[C@H]1O[C@@](OC[C@@H](NC(=O)[C@H](O)CCCCCCCCCCC(C)C)[C@H](O)/C=C/CCCCCCCCCC(C)C)(C(=O)O)[C@@H](O)[C@@H](O)[C@@H]1O. The highest BCUT2D eigenvalue weighted by molar-refractivity contribution is 5.81. The van der Waals surface area contributed by atoms with Crippen LogP contribution in [0.25, 0.3) is 0 Å². The maximum Gasteiger partial charge on any atom is 0.367 e. The minimum absolute atomic E-state index is 0.202. The van der Waals surface area contributed by atoms with Gasteiger partial charge in [0, 0.05) is 13.5 Å². The molecule has 1 heterocycles. The van der Waals surface area contributed by atoms with E-state index in [1.54, 1.807) is 6.08 Å². The number of rotatable bonds is 31. The zero-order chi connectivity index (χ0) is 40.5. The summed E-state index contributed by atoms with van der Waals surface area (Å²) >= 11 is 0. The van der Waals surface area contributed by atoms with Crippen LogP contribution in [0, 0.1) is 11.8 Å². The summed E-state index contributed by atoms with van der Waals surface area (Å²) in [7, 11) is 0. The number of carbonyl (C=O) groups is 3. The van der Waals surface area contributed by atoms with E-state index < -0.39 is 79.4 Å². The minimum Gasteiger partial charge on any atom is -0.477 e. The summed E-state index contributed by atoms with van der Waals surface area (Å²) in [5.41, 5.74) is 0. The molecule has 13 heteroatoms. The average Bonchev–Trinajstić information content (AvgIpc) is 3.11. The summed E-state index contributed by atoms with van der Waals surface area (Å²) in [6.07, 6.45) is 12.7. The van der Waals surface area contributed by atoms with E-state index in [2.05, 4.69) is 38.3 Å². The number of aliphatic hydroxyl groups excluding tert-OH is 5. The summed E-state index contributed by atoms with van der Waals surface area (Å²) in [6.45, 7) is 9.04. The highest BCUT2D eigenvalue weighted by Gasteiger charge is 2.60. The third-order valence-electron chi connectivity index (χ3n) is 10.1. The molecule has 0 bridgehead atoms. The Morgan fingerprint density at radius 1 is 0.741 bits per heavy atom. The van der Waals surface area contributed by atoms with Gasteiger partial charge in [-0.2, -0.15) is 0 Å². The van der Waals surface area contributed by atoms with Gasteiger partial charge >= 0.3 is 5.97 Å². The molecule has 0 aromatic carbocycles. The average molecular weight is 773 g/mol. The molecule has 8 N–H and O–H groups in total. The van der Waals surface area contributed by atoms with E-state index in [0.29, 0.717) is 12.8 Å². The van der Waals surface area contributed by atoms with Crippen LogP contribution in [0.2, 0.25) is 0 Å². The summed E-state index contributed by atoms with van der Waals surface area (Å²) in [5, 5.41) is 68.6. The normalized spacial score (nSPS) is 23.5. The van der Waals surface area contributed by atoms with Crippen LogP contribution in [-0.4, -0.2) is 110 Å². The molecule has 0 saturated carbocycles. The van der Waals surface area contributed by atoms with Gasteiger partial charge in [-0.15, -0.1) is 0 Å². The summed E-state index contributed by atoms with van der Waals surface area (Å²) in [5.74, 6) is -4.57. The number of ether oxygens (including phenoxy) is 2. The van der Waals surface area contributed by atoms with Crippen LogP contribution in [0.4, 0.5) is 0 Å². The molecule has 0 spiro atoms. The van der Waals surface area contributed by atoms with Gasteiger partial charge in [0.2, 0.25) is 11.8 Å². The summed E-state index contributed by atoms with van der Waals surface area (Å²) in [6, 6.07) is -1.28. The minimum atomic E-state index is -2.92. The van der Waals surface area contributed by atoms with E-state index >= 15 is 0 Å². The fourth-order valence-corrected chi connectivity index (χ4v) is 6.63. The summed E-state index contributed by atoms with van der Waals surface area (Å²) in [4.78, 5) is 37.1. The Labute approximate surface area is 324 Å². The first-order valence-corrected chi connectivity index (χ1v) is 20.8. The van der Waals surface area contributed by atoms with Crippen molar-refractivity contribution >= 4 is 17.8 Å². The zero-order valence-corrected chi connectivity index (χ0v) is 33.9.